The highest BCUT2D eigenvalue weighted by molar-refractivity contribution is 5.97. The lowest BCUT2D eigenvalue weighted by Gasteiger charge is -2.49. The Morgan fingerprint density at radius 1 is 1.07 bits per heavy atom. The van der Waals surface area contributed by atoms with Crippen molar-refractivity contribution in [1.82, 2.24) is 4.90 Å². The Morgan fingerprint density at radius 3 is 1.93 bits per heavy atom. The Morgan fingerprint density at radius 2 is 1.53 bits per heavy atom. The van der Waals surface area contributed by atoms with Crippen LogP contribution in [0.5, 0.6) is 0 Å². The van der Waals surface area contributed by atoms with Crippen molar-refractivity contribution in [2.24, 2.45) is 5.41 Å². The van der Waals surface area contributed by atoms with E-state index in [2.05, 4.69) is 0 Å². The standard InChI is InChI=1S/C10H15NO4/c12-8(13)7(9(14)15)11-5-10(6-11)3-1-2-4-10/h7H,1-6H2,(H,12,13)(H,14,15). The van der Waals surface area contributed by atoms with E-state index in [1.54, 1.807) is 4.90 Å². The number of carboxylic acids is 2. The molecule has 0 unspecified atom stereocenters. The van der Waals surface area contributed by atoms with Crippen LogP contribution in [0.15, 0.2) is 0 Å². The summed E-state index contributed by atoms with van der Waals surface area (Å²) in [6.07, 6.45) is 4.63. The van der Waals surface area contributed by atoms with Gasteiger partial charge < -0.3 is 10.2 Å². The third-order valence-corrected chi connectivity index (χ3v) is 3.57. The first-order valence-corrected chi connectivity index (χ1v) is 5.24. The summed E-state index contributed by atoms with van der Waals surface area (Å²) in [5.74, 6) is -2.51. The summed E-state index contributed by atoms with van der Waals surface area (Å²) in [7, 11) is 0. The maximum atomic E-state index is 10.8. The van der Waals surface area contributed by atoms with Crippen molar-refractivity contribution in [3.8, 4) is 0 Å². The molecule has 2 rings (SSSR count). The fraction of sp³-hybridized carbons (Fsp3) is 0.800. The van der Waals surface area contributed by atoms with Crippen molar-refractivity contribution < 1.29 is 19.8 Å². The number of aliphatic carboxylic acids is 2. The first-order chi connectivity index (χ1) is 7.04. The summed E-state index contributed by atoms with van der Waals surface area (Å²) in [6.45, 7) is 1.27. The van der Waals surface area contributed by atoms with Gasteiger partial charge >= 0.3 is 11.9 Å². The molecule has 0 aromatic heterocycles. The molecule has 5 heteroatoms. The number of hydrogen-bond donors (Lipinski definition) is 2. The number of carboxylic acid groups (broad SMARTS) is 2. The molecular weight excluding hydrogens is 198 g/mol. The van der Waals surface area contributed by atoms with Crippen LogP contribution in [0.1, 0.15) is 25.7 Å². The minimum absolute atomic E-state index is 0.239. The number of rotatable bonds is 3. The Hall–Kier alpha value is -1.10. The molecular formula is C10H15NO4. The van der Waals surface area contributed by atoms with E-state index in [-0.39, 0.29) is 5.41 Å². The molecule has 2 N–H and O–H groups in total. The zero-order valence-corrected chi connectivity index (χ0v) is 8.48. The average Bonchev–Trinajstić information content (AvgIpc) is 2.50. The van der Waals surface area contributed by atoms with Crippen LogP contribution in [0.4, 0.5) is 0 Å². The minimum atomic E-state index is -1.35. The number of likely N-dealkylation sites (tertiary alicyclic amines) is 1. The second kappa shape index (κ2) is 3.48. The molecule has 1 aliphatic carbocycles. The molecule has 15 heavy (non-hydrogen) atoms. The number of hydrogen-bond acceptors (Lipinski definition) is 3. The van der Waals surface area contributed by atoms with Crippen LogP contribution >= 0.6 is 0 Å². The molecule has 0 bridgehead atoms. The predicted molar refractivity (Wildman–Crippen MR) is 51.5 cm³/mol. The Labute approximate surface area is 87.7 Å². The summed E-state index contributed by atoms with van der Waals surface area (Å²) in [5, 5.41) is 17.6. The minimum Gasteiger partial charge on any atom is -0.480 e. The smallest absolute Gasteiger partial charge is 0.332 e. The molecule has 5 nitrogen and oxygen atoms in total. The lowest BCUT2D eigenvalue weighted by molar-refractivity contribution is -0.163. The van der Waals surface area contributed by atoms with E-state index in [0.29, 0.717) is 13.1 Å². The van der Waals surface area contributed by atoms with Gasteiger partial charge in [-0.15, -0.1) is 0 Å². The molecule has 0 amide bonds. The second-order valence-corrected chi connectivity index (χ2v) is 4.69. The summed E-state index contributed by atoms with van der Waals surface area (Å²) < 4.78 is 0. The van der Waals surface area contributed by atoms with Gasteiger partial charge in [-0.25, -0.2) is 9.59 Å². The number of nitrogens with zero attached hydrogens (tertiary/aromatic N) is 1. The fourth-order valence-corrected chi connectivity index (χ4v) is 2.86. The van der Waals surface area contributed by atoms with Crippen LogP contribution in [0.25, 0.3) is 0 Å². The van der Waals surface area contributed by atoms with Gasteiger partial charge in [-0.2, -0.15) is 0 Å². The maximum absolute atomic E-state index is 10.8. The summed E-state index contributed by atoms with van der Waals surface area (Å²) >= 11 is 0. The van der Waals surface area contributed by atoms with Gasteiger partial charge in [-0.3, -0.25) is 4.90 Å². The predicted octanol–water partition coefficient (Wildman–Crippen LogP) is 0.400. The topological polar surface area (TPSA) is 77.8 Å². The van der Waals surface area contributed by atoms with E-state index in [0.717, 1.165) is 12.8 Å². The van der Waals surface area contributed by atoms with Crippen LogP contribution in [-0.2, 0) is 9.59 Å². The summed E-state index contributed by atoms with van der Waals surface area (Å²) in [4.78, 5) is 23.1. The van der Waals surface area contributed by atoms with Crippen molar-refractivity contribution >= 4 is 11.9 Å². The number of carbonyl (C=O) groups is 2. The van der Waals surface area contributed by atoms with Gasteiger partial charge in [0.25, 0.3) is 0 Å². The Balaban J connectivity index is 1.97. The molecule has 0 aromatic rings. The summed E-state index contributed by atoms with van der Waals surface area (Å²) in [5.41, 5.74) is 0.239. The van der Waals surface area contributed by atoms with Crippen LogP contribution < -0.4 is 0 Å². The van der Waals surface area contributed by atoms with E-state index in [1.807, 2.05) is 0 Å². The highest BCUT2D eigenvalue weighted by Crippen LogP contribution is 2.46. The first-order valence-electron chi connectivity index (χ1n) is 5.24. The van der Waals surface area contributed by atoms with E-state index in [1.165, 1.54) is 12.8 Å². The van der Waals surface area contributed by atoms with Crippen LogP contribution in [0, 0.1) is 5.41 Å². The third-order valence-electron chi connectivity index (χ3n) is 3.57. The molecule has 0 aromatic carbocycles. The van der Waals surface area contributed by atoms with Gasteiger partial charge in [0.1, 0.15) is 0 Å². The van der Waals surface area contributed by atoms with E-state index in [4.69, 9.17) is 10.2 Å². The third kappa shape index (κ3) is 1.71. The second-order valence-electron chi connectivity index (χ2n) is 4.69. The zero-order valence-electron chi connectivity index (χ0n) is 8.48. The van der Waals surface area contributed by atoms with Gasteiger partial charge in [-0.05, 0) is 18.3 Å². The molecule has 0 radical (unpaired) electrons. The Kier molecular flexibility index (Phi) is 2.42. The highest BCUT2D eigenvalue weighted by atomic mass is 16.4. The normalized spacial score (nSPS) is 24.3. The molecule has 2 fully saturated rings. The highest BCUT2D eigenvalue weighted by Gasteiger charge is 2.50. The van der Waals surface area contributed by atoms with Crippen LogP contribution in [0.3, 0.4) is 0 Å². The van der Waals surface area contributed by atoms with Gasteiger partial charge in [0.15, 0.2) is 0 Å². The quantitative estimate of drug-likeness (QED) is 0.663. The molecule has 2 aliphatic rings. The maximum Gasteiger partial charge on any atom is 0.332 e. The molecule has 84 valence electrons. The van der Waals surface area contributed by atoms with Gasteiger partial charge in [-0.1, -0.05) is 12.8 Å². The van der Waals surface area contributed by atoms with Gasteiger partial charge in [0, 0.05) is 13.1 Å². The van der Waals surface area contributed by atoms with Gasteiger partial charge in [0.2, 0.25) is 6.04 Å². The molecule has 1 aliphatic heterocycles. The van der Waals surface area contributed by atoms with Crippen molar-refractivity contribution in [2.45, 2.75) is 31.7 Å². The first kappa shape index (κ1) is 10.4. The van der Waals surface area contributed by atoms with Gasteiger partial charge in [0.05, 0.1) is 0 Å². The molecule has 1 spiro atoms. The molecule has 1 saturated carbocycles. The average molecular weight is 213 g/mol. The largest absolute Gasteiger partial charge is 0.480 e. The fourth-order valence-electron chi connectivity index (χ4n) is 2.86. The zero-order chi connectivity index (χ0) is 11.1. The van der Waals surface area contributed by atoms with Crippen molar-refractivity contribution in [2.75, 3.05) is 13.1 Å². The van der Waals surface area contributed by atoms with E-state index < -0.39 is 18.0 Å². The molecule has 1 saturated heterocycles. The van der Waals surface area contributed by atoms with E-state index >= 15 is 0 Å². The van der Waals surface area contributed by atoms with Crippen LogP contribution in [0.2, 0.25) is 0 Å². The van der Waals surface area contributed by atoms with Crippen molar-refractivity contribution in [3.63, 3.8) is 0 Å². The van der Waals surface area contributed by atoms with E-state index in [9.17, 15) is 9.59 Å². The monoisotopic (exact) mass is 213 g/mol. The molecule has 1 heterocycles. The Bertz CT molecular complexity index is 274. The lowest BCUT2D eigenvalue weighted by atomic mass is 9.77. The van der Waals surface area contributed by atoms with Crippen molar-refractivity contribution in [3.05, 3.63) is 0 Å². The SMILES string of the molecule is O=C(O)C(C(=O)O)N1CC2(CCCC2)C1. The van der Waals surface area contributed by atoms with Crippen molar-refractivity contribution in [1.29, 1.82) is 0 Å². The van der Waals surface area contributed by atoms with Crippen LogP contribution in [-0.4, -0.2) is 46.2 Å². The lowest BCUT2D eigenvalue weighted by Crippen LogP contribution is -2.62. The summed E-state index contributed by atoms with van der Waals surface area (Å²) in [6, 6.07) is -1.35. The molecule has 0 atom stereocenters.